The van der Waals surface area contributed by atoms with Crippen molar-refractivity contribution < 1.29 is 19.1 Å². The molecule has 2 atom stereocenters. The maximum atomic E-state index is 13.2. The number of nitrogens with one attached hydrogen (secondary N) is 1. The topological polar surface area (TPSA) is 105 Å². The lowest BCUT2D eigenvalue weighted by Crippen LogP contribution is -2.64. The Hall–Kier alpha value is -3.96. The third kappa shape index (κ3) is 5.07. The molecule has 11 nitrogen and oxygen atoms in total. The highest BCUT2D eigenvalue weighted by Crippen LogP contribution is 2.27. The number of nitrogens with zero attached hydrogens (tertiary/aromatic N) is 6. The first-order chi connectivity index (χ1) is 19.0. The van der Waals surface area contributed by atoms with Crippen LogP contribution in [-0.4, -0.2) is 106 Å². The largest absolute Gasteiger partial charge is 0.450 e. The highest BCUT2D eigenvalue weighted by atomic mass is 16.6. The van der Waals surface area contributed by atoms with Gasteiger partial charge >= 0.3 is 6.09 Å². The van der Waals surface area contributed by atoms with E-state index in [1.807, 2.05) is 60.5 Å². The highest BCUT2D eigenvalue weighted by molar-refractivity contribution is 5.94. The van der Waals surface area contributed by atoms with E-state index in [0.29, 0.717) is 63.9 Å². The Kier molecular flexibility index (Phi) is 6.92. The second-order valence-electron chi connectivity index (χ2n) is 10.2. The van der Waals surface area contributed by atoms with Crippen molar-refractivity contribution >= 4 is 34.9 Å². The third-order valence-electron chi connectivity index (χ3n) is 7.75. The molecule has 2 saturated heterocycles. The van der Waals surface area contributed by atoms with Gasteiger partial charge in [0.2, 0.25) is 5.95 Å². The van der Waals surface area contributed by atoms with Gasteiger partial charge in [-0.3, -0.25) is 9.69 Å². The van der Waals surface area contributed by atoms with Crippen molar-refractivity contribution in [3.8, 4) is 0 Å². The van der Waals surface area contributed by atoms with E-state index in [2.05, 4.69) is 22.4 Å². The number of benzene rings is 1. The predicted molar refractivity (Wildman–Crippen MR) is 146 cm³/mol. The Morgan fingerprint density at radius 3 is 2.56 bits per heavy atom. The molecule has 1 N–H and O–H groups in total. The third-order valence-corrected chi connectivity index (χ3v) is 7.75. The molecule has 39 heavy (non-hydrogen) atoms. The summed E-state index contributed by atoms with van der Waals surface area (Å²) in [4.78, 5) is 35.9. The summed E-state index contributed by atoms with van der Waals surface area (Å²) >= 11 is 0. The van der Waals surface area contributed by atoms with Crippen molar-refractivity contribution in [3.63, 3.8) is 0 Å². The Labute approximate surface area is 227 Å². The van der Waals surface area contributed by atoms with Crippen LogP contribution in [0.15, 0.2) is 48.7 Å². The number of hydrogen-bond donors (Lipinski definition) is 1. The van der Waals surface area contributed by atoms with E-state index in [1.54, 1.807) is 9.42 Å². The number of ether oxygens (including phenoxy) is 2. The molecule has 0 spiro atoms. The molecule has 3 aromatic rings. The lowest BCUT2D eigenvalue weighted by atomic mass is 10.0. The molecular formula is C28H33N7O4. The van der Waals surface area contributed by atoms with Gasteiger partial charge < -0.3 is 24.6 Å². The van der Waals surface area contributed by atoms with Gasteiger partial charge in [0.05, 0.1) is 31.9 Å². The van der Waals surface area contributed by atoms with Crippen LogP contribution in [0.1, 0.15) is 29.3 Å². The van der Waals surface area contributed by atoms with E-state index >= 15 is 0 Å². The van der Waals surface area contributed by atoms with Gasteiger partial charge in [0.25, 0.3) is 5.91 Å². The average molecular weight is 532 g/mol. The van der Waals surface area contributed by atoms with Crippen LogP contribution in [0.4, 0.5) is 16.4 Å². The lowest BCUT2D eigenvalue weighted by Gasteiger charge is -2.48. The number of anilines is 2. The minimum absolute atomic E-state index is 0.0457. The van der Waals surface area contributed by atoms with Crippen molar-refractivity contribution in [2.45, 2.75) is 25.4 Å². The average Bonchev–Trinajstić information content (AvgIpc) is 3.36. The number of aromatic nitrogens is 3. The number of carbonyl (C=O) groups excluding carboxylic acids is 2. The summed E-state index contributed by atoms with van der Waals surface area (Å²) < 4.78 is 12.5. The van der Waals surface area contributed by atoms with E-state index < -0.39 is 0 Å². The SMILES string of the molecule is CCOC(=O)N1CC=C(c2cccn3nc(Nc4ccc(C(=O)N5CC6COCC(C5)N6C)cc4)nc23)CC1. The quantitative estimate of drug-likeness (QED) is 0.536. The first kappa shape index (κ1) is 25.3. The number of rotatable bonds is 5. The predicted octanol–water partition coefficient (Wildman–Crippen LogP) is 2.87. The van der Waals surface area contributed by atoms with Crippen molar-refractivity contribution in [3.05, 3.63) is 59.8 Å². The number of hydrogen-bond acceptors (Lipinski definition) is 8. The van der Waals surface area contributed by atoms with Gasteiger partial charge in [-0.1, -0.05) is 6.08 Å². The van der Waals surface area contributed by atoms with E-state index in [9.17, 15) is 9.59 Å². The van der Waals surface area contributed by atoms with Crippen LogP contribution < -0.4 is 5.32 Å². The molecule has 5 heterocycles. The van der Waals surface area contributed by atoms with Crippen molar-refractivity contribution in [2.75, 3.05) is 58.4 Å². The van der Waals surface area contributed by atoms with Crippen LogP contribution in [0.2, 0.25) is 0 Å². The zero-order chi connectivity index (χ0) is 26.9. The molecule has 2 fully saturated rings. The number of amides is 2. The second-order valence-corrected chi connectivity index (χ2v) is 10.2. The number of fused-ring (bicyclic) bond motifs is 3. The van der Waals surface area contributed by atoms with E-state index in [1.165, 1.54) is 0 Å². The number of likely N-dealkylation sites (N-methyl/N-ethyl adjacent to an activating group) is 1. The fourth-order valence-corrected chi connectivity index (χ4v) is 5.50. The number of morpholine rings is 1. The van der Waals surface area contributed by atoms with Gasteiger partial charge in [-0.05, 0) is 62.4 Å². The molecule has 2 amide bonds. The molecule has 0 radical (unpaired) electrons. The highest BCUT2D eigenvalue weighted by Gasteiger charge is 2.37. The van der Waals surface area contributed by atoms with Gasteiger partial charge in [0, 0.05) is 49.2 Å². The van der Waals surface area contributed by atoms with Crippen molar-refractivity contribution in [2.24, 2.45) is 0 Å². The van der Waals surface area contributed by atoms with E-state index in [4.69, 9.17) is 14.5 Å². The first-order valence-corrected chi connectivity index (χ1v) is 13.4. The van der Waals surface area contributed by atoms with Gasteiger partial charge in [-0.25, -0.2) is 9.31 Å². The Morgan fingerprint density at radius 1 is 1.10 bits per heavy atom. The normalized spacial score (nSPS) is 21.5. The van der Waals surface area contributed by atoms with E-state index in [0.717, 1.165) is 22.5 Å². The summed E-state index contributed by atoms with van der Waals surface area (Å²) in [7, 11) is 2.11. The van der Waals surface area contributed by atoms with Gasteiger partial charge in [-0.15, -0.1) is 5.10 Å². The summed E-state index contributed by atoms with van der Waals surface area (Å²) in [5.74, 6) is 0.516. The van der Waals surface area contributed by atoms with Crippen LogP contribution in [0.5, 0.6) is 0 Å². The standard InChI is InChI=1S/C28H33N7O4/c1-3-39-28(37)33-13-10-19(11-14-33)24-5-4-12-35-25(24)30-27(31-35)29-21-8-6-20(7-9-21)26(36)34-15-22-17-38-18-23(16-34)32(22)2/h4-10,12,22-23H,3,11,13-18H2,1-2H3,(H,29,31). The minimum Gasteiger partial charge on any atom is -0.450 e. The molecule has 0 saturated carbocycles. The maximum absolute atomic E-state index is 13.2. The first-order valence-electron chi connectivity index (χ1n) is 13.4. The summed E-state index contributed by atoms with van der Waals surface area (Å²) in [6.45, 7) is 5.96. The van der Waals surface area contributed by atoms with Crippen molar-refractivity contribution in [1.82, 2.24) is 29.3 Å². The smallest absolute Gasteiger partial charge is 0.410 e. The van der Waals surface area contributed by atoms with Crippen LogP contribution >= 0.6 is 0 Å². The zero-order valence-electron chi connectivity index (χ0n) is 22.2. The monoisotopic (exact) mass is 531 g/mol. The summed E-state index contributed by atoms with van der Waals surface area (Å²) in [6, 6.07) is 11.9. The number of piperazine rings is 1. The Morgan fingerprint density at radius 2 is 1.87 bits per heavy atom. The minimum atomic E-state index is -0.284. The molecule has 2 unspecified atom stereocenters. The lowest BCUT2D eigenvalue weighted by molar-refractivity contribution is -0.0776. The van der Waals surface area contributed by atoms with Gasteiger partial charge in [0.15, 0.2) is 5.65 Å². The van der Waals surface area contributed by atoms with Crippen LogP contribution in [-0.2, 0) is 9.47 Å². The maximum Gasteiger partial charge on any atom is 0.410 e. The molecule has 0 aliphatic carbocycles. The molecular weight excluding hydrogens is 498 g/mol. The van der Waals surface area contributed by atoms with Gasteiger partial charge in [0.1, 0.15) is 0 Å². The fourth-order valence-electron chi connectivity index (χ4n) is 5.50. The van der Waals surface area contributed by atoms with E-state index in [-0.39, 0.29) is 24.1 Å². The molecule has 3 aliphatic rings. The molecule has 3 aliphatic heterocycles. The summed E-state index contributed by atoms with van der Waals surface area (Å²) in [5, 5.41) is 7.86. The van der Waals surface area contributed by atoms with Crippen LogP contribution in [0, 0.1) is 0 Å². The van der Waals surface area contributed by atoms with Crippen LogP contribution in [0.3, 0.4) is 0 Å². The molecule has 1 aromatic carbocycles. The fraction of sp³-hybridized carbons (Fsp3) is 0.429. The molecule has 11 heteroatoms. The number of pyridine rings is 1. The molecule has 6 rings (SSSR count). The Bertz CT molecular complexity index is 1390. The van der Waals surface area contributed by atoms with Crippen LogP contribution in [0.25, 0.3) is 11.2 Å². The van der Waals surface area contributed by atoms with Crippen molar-refractivity contribution in [1.29, 1.82) is 0 Å². The number of carbonyl (C=O) groups is 2. The summed E-state index contributed by atoms with van der Waals surface area (Å²) in [5.41, 5.74) is 4.32. The zero-order valence-corrected chi connectivity index (χ0v) is 22.2. The Balaban J connectivity index is 1.14. The van der Waals surface area contributed by atoms with Gasteiger partial charge in [-0.2, -0.15) is 4.98 Å². The molecule has 2 bridgehead atoms. The molecule has 2 aromatic heterocycles. The molecule has 204 valence electrons. The summed E-state index contributed by atoms with van der Waals surface area (Å²) in [6.07, 6.45) is 4.34. The second kappa shape index (κ2) is 10.7.